The van der Waals surface area contributed by atoms with Crippen LogP contribution in [-0.2, 0) is 6.42 Å². The van der Waals surface area contributed by atoms with Crippen LogP contribution in [0.2, 0.25) is 0 Å². The Morgan fingerprint density at radius 3 is 2.57 bits per heavy atom. The van der Waals surface area contributed by atoms with Crippen molar-refractivity contribution in [2.45, 2.75) is 6.42 Å². The fourth-order valence-corrected chi connectivity index (χ4v) is 2.03. The number of rotatable bonds is 4. The second kappa shape index (κ2) is 7.09. The van der Waals surface area contributed by atoms with E-state index in [1.807, 2.05) is 56.6 Å². The van der Waals surface area contributed by atoms with E-state index >= 15 is 0 Å². The minimum atomic E-state index is 0.452. The van der Waals surface area contributed by atoms with E-state index in [1.54, 1.807) is 12.0 Å². The molecule has 0 unspecified atom stereocenters. The third-order valence-corrected chi connectivity index (χ3v) is 3.51. The molecule has 0 aliphatic rings. The lowest BCUT2D eigenvalue weighted by atomic mass is 10.0. The van der Waals surface area contributed by atoms with Crippen molar-refractivity contribution in [2.75, 3.05) is 21.2 Å². The highest BCUT2D eigenvalue weighted by Crippen LogP contribution is 2.23. The van der Waals surface area contributed by atoms with Gasteiger partial charge in [-0.3, -0.25) is 0 Å². The van der Waals surface area contributed by atoms with E-state index in [1.165, 1.54) is 5.56 Å². The molecule has 0 radical (unpaired) electrons. The molecule has 0 saturated heterocycles. The fraction of sp³-hybridized carbons (Fsp3) is 0.235. The number of benzene rings is 2. The van der Waals surface area contributed by atoms with Crippen LogP contribution in [0.15, 0.2) is 48.5 Å². The van der Waals surface area contributed by atoms with E-state index in [-0.39, 0.29) is 0 Å². The lowest BCUT2D eigenvalue weighted by molar-refractivity contribution is 0.414. The van der Waals surface area contributed by atoms with Crippen LogP contribution in [0.5, 0.6) is 11.5 Å². The standard InChI is InChI=1S/C17H19NO2S/c1-18(2)17(21)20-16-10-5-4-8-14(16)11-13-7-6-9-15(12-13)19-3/h4-10,12H,11H2,1-3H3. The first-order chi connectivity index (χ1) is 10.1. The highest BCUT2D eigenvalue weighted by Gasteiger charge is 2.08. The van der Waals surface area contributed by atoms with Gasteiger partial charge < -0.3 is 14.4 Å². The number of nitrogens with zero attached hydrogens (tertiary/aromatic N) is 1. The Morgan fingerprint density at radius 1 is 1.10 bits per heavy atom. The molecule has 0 fully saturated rings. The average molecular weight is 301 g/mol. The molecule has 3 nitrogen and oxygen atoms in total. The summed E-state index contributed by atoms with van der Waals surface area (Å²) in [4.78, 5) is 1.78. The van der Waals surface area contributed by atoms with Crippen LogP contribution in [0.3, 0.4) is 0 Å². The molecule has 4 heteroatoms. The lowest BCUT2D eigenvalue weighted by Gasteiger charge is -2.16. The smallest absolute Gasteiger partial charge is 0.264 e. The van der Waals surface area contributed by atoms with Crippen LogP contribution >= 0.6 is 12.2 Å². The average Bonchev–Trinajstić information content (AvgIpc) is 2.49. The van der Waals surface area contributed by atoms with Crippen molar-refractivity contribution in [3.05, 3.63) is 59.7 Å². The van der Waals surface area contributed by atoms with Crippen LogP contribution in [0.25, 0.3) is 0 Å². The first kappa shape index (κ1) is 15.3. The molecule has 0 heterocycles. The molecule has 2 aromatic rings. The van der Waals surface area contributed by atoms with Gasteiger partial charge in [0.25, 0.3) is 5.17 Å². The Hall–Kier alpha value is -2.07. The van der Waals surface area contributed by atoms with E-state index in [0.717, 1.165) is 23.5 Å². The molecule has 0 amide bonds. The first-order valence-electron chi connectivity index (χ1n) is 6.70. The second-order valence-corrected chi connectivity index (χ2v) is 5.25. The van der Waals surface area contributed by atoms with Crippen molar-refractivity contribution in [1.82, 2.24) is 4.90 Å². The van der Waals surface area contributed by atoms with Crippen LogP contribution < -0.4 is 9.47 Å². The maximum absolute atomic E-state index is 5.76. The third kappa shape index (κ3) is 4.20. The van der Waals surface area contributed by atoms with Crippen LogP contribution in [0, 0.1) is 0 Å². The predicted octanol–water partition coefficient (Wildman–Crippen LogP) is 3.51. The molecule has 0 saturated carbocycles. The Morgan fingerprint density at radius 2 is 1.86 bits per heavy atom. The summed E-state index contributed by atoms with van der Waals surface area (Å²) in [7, 11) is 5.41. The van der Waals surface area contributed by atoms with Gasteiger partial charge >= 0.3 is 0 Å². The van der Waals surface area contributed by atoms with Crippen molar-refractivity contribution in [3.63, 3.8) is 0 Å². The van der Waals surface area contributed by atoms with E-state index in [2.05, 4.69) is 6.07 Å². The van der Waals surface area contributed by atoms with Crippen molar-refractivity contribution in [3.8, 4) is 11.5 Å². The topological polar surface area (TPSA) is 21.7 Å². The molecular weight excluding hydrogens is 282 g/mol. The fourth-order valence-electron chi connectivity index (χ4n) is 1.94. The molecule has 0 atom stereocenters. The molecule has 0 spiro atoms. The van der Waals surface area contributed by atoms with Gasteiger partial charge in [0.1, 0.15) is 11.5 Å². The first-order valence-corrected chi connectivity index (χ1v) is 7.11. The SMILES string of the molecule is COc1cccc(Cc2ccccc2OC(=S)N(C)C)c1. The van der Waals surface area contributed by atoms with E-state index in [9.17, 15) is 0 Å². The molecule has 2 aromatic carbocycles. The summed E-state index contributed by atoms with van der Waals surface area (Å²) in [6.45, 7) is 0. The zero-order valence-corrected chi connectivity index (χ0v) is 13.3. The Balaban J connectivity index is 2.21. The van der Waals surface area contributed by atoms with Gasteiger partial charge in [0.2, 0.25) is 0 Å². The summed E-state index contributed by atoms with van der Waals surface area (Å²) in [5.41, 5.74) is 2.26. The highest BCUT2D eigenvalue weighted by molar-refractivity contribution is 7.80. The number of methoxy groups -OCH3 is 1. The molecule has 0 N–H and O–H groups in total. The van der Waals surface area contributed by atoms with Crippen molar-refractivity contribution < 1.29 is 9.47 Å². The number of hydrogen-bond donors (Lipinski definition) is 0. The maximum Gasteiger partial charge on any atom is 0.264 e. The summed E-state index contributed by atoms with van der Waals surface area (Å²) in [5, 5.41) is 0.452. The minimum Gasteiger partial charge on any atom is -0.497 e. The van der Waals surface area contributed by atoms with Gasteiger partial charge in [-0.25, -0.2) is 0 Å². The van der Waals surface area contributed by atoms with Gasteiger partial charge in [-0.1, -0.05) is 30.3 Å². The molecule has 0 aromatic heterocycles. The van der Waals surface area contributed by atoms with Crippen LogP contribution in [0.1, 0.15) is 11.1 Å². The van der Waals surface area contributed by atoms with Gasteiger partial charge in [-0.15, -0.1) is 0 Å². The number of ether oxygens (including phenoxy) is 2. The Bertz CT molecular complexity index is 626. The Kier molecular flexibility index (Phi) is 5.17. The van der Waals surface area contributed by atoms with Gasteiger partial charge in [0.05, 0.1) is 7.11 Å². The van der Waals surface area contributed by atoms with Crippen LogP contribution in [0.4, 0.5) is 0 Å². The largest absolute Gasteiger partial charge is 0.497 e. The monoisotopic (exact) mass is 301 g/mol. The number of thiocarbonyl (C=S) groups is 1. The molecule has 2 rings (SSSR count). The minimum absolute atomic E-state index is 0.452. The molecule has 0 bridgehead atoms. The molecule has 0 aliphatic heterocycles. The highest BCUT2D eigenvalue weighted by atomic mass is 32.1. The molecule has 110 valence electrons. The summed E-state index contributed by atoms with van der Waals surface area (Å²) < 4.78 is 11.0. The predicted molar refractivity (Wildman–Crippen MR) is 89.2 cm³/mol. The number of para-hydroxylation sites is 1. The zero-order valence-electron chi connectivity index (χ0n) is 12.5. The normalized spacial score (nSPS) is 10.0. The van der Waals surface area contributed by atoms with E-state index < -0.39 is 0 Å². The zero-order chi connectivity index (χ0) is 15.2. The third-order valence-electron chi connectivity index (χ3n) is 3.06. The van der Waals surface area contributed by atoms with Crippen molar-refractivity contribution in [1.29, 1.82) is 0 Å². The molecule has 21 heavy (non-hydrogen) atoms. The summed E-state index contributed by atoms with van der Waals surface area (Å²) >= 11 is 5.21. The second-order valence-electron chi connectivity index (χ2n) is 4.90. The van der Waals surface area contributed by atoms with Gasteiger partial charge in [0, 0.05) is 20.5 Å². The quantitative estimate of drug-likeness (QED) is 0.806. The van der Waals surface area contributed by atoms with Crippen LogP contribution in [-0.4, -0.2) is 31.3 Å². The van der Waals surface area contributed by atoms with Gasteiger partial charge in [-0.2, -0.15) is 0 Å². The molecular formula is C17H19NO2S. The number of hydrogen-bond acceptors (Lipinski definition) is 3. The summed E-state index contributed by atoms with van der Waals surface area (Å²) in [6, 6.07) is 16.0. The lowest BCUT2D eigenvalue weighted by Crippen LogP contribution is -2.25. The summed E-state index contributed by atoms with van der Waals surface area (Å²) in [6.07, 6.45) is 0.767. The van der Waals surface area contributed by atoms with Crippen molar-refractivity contribution in [2.24, 2.45) is 0 Å². The van der Waals surface area contributed by atoms with Crippen molar-refractivity contribution >= 4 is 17.4 Å². The Labute approximate surface area is 131 Å². The maximum atomic E-state index is 5.76. The van der Waals surface area contributed by atoms with Gasteiger partial charge in [0.15, 0.2) is 0 Å². The van der Waals surface area contributed by atoms with Gasteiger partial charge in [-0.05, 0) is 41.5 Å². The van der Waals surface area contributed by atoms with E-state index in [0.29, 0.717) is 5.17 Å². The van der Waals surface area contributed by atoms with E-state index in [4.69, 9.17) is 21.7 Å². The molecule has 0 aliphatic carbocycles. The summed E-state index contributed by atoms with van der Waals surface area (Å²) in [5.74, 6) is 1.65.